The van der Waals surface area contributed by atoms with Gasteiger partial charge in [0.25, 0.3) is 0 Å². The number of aryl methyl sites for hydroxylation is 2. The average molecular weight is 398 g/mol. The Kier molecular flexibility index (Phi) is 7.31. The fourth-order valence-corrected chi connectivity index (χ4v) is 4.60. The molecule has 1 aliphatic rings. The number of hydrogen-bond donors (Lipinski definition) is 0. The van der Waals surface area contributed by atoms with Crippen LogP contribution >= 0.6 is 23.7 Å². The first-order valence-electron chi connectivity index (χ1n) is 9.29. The first-order chi connectivity index (χ1) is 12.0. The van der Waals surface area contributed by atoms with Gasteiger partial charge in [0, 0.05) is 47.8 Å². The van der Waals surface area contributed by atoms with Crippen molar-refractivity contribution in [1.29, 1.82) is 0 Å². The normalized spacial score (nSPS) is 21.1. The molecule has 1 saturated heterocycles. The van der Waals surface area contributed by atoms with Crippen LogP contribution in [0.15, 0.2) is 29.9 Å². The summed E-state index contributed by atoms with van der Waals surface area (Å²) in [5.41, 5.74) is 1.56. The largest absolute Gasteiger partial charge is 0.381 e. The van der Waals surface area contributed by atoms with Crippen molar-refractivity contribution in [2.45, 2.75) is 45.6 Å². The van der Waals surface area contributed by atoms with Crippen LogP contribution in [0.1, 0.15) is 44.1 Å². The minimum absolute atomic E-state index is 0. The minimum atomic E-state index is 0. The average Bonchev–Trinajstić information content (AvgIpc) is 3.32. The first kappa shape index (κ1) is 21.4. The molecule has 0 N–H and O–H groups in total. The molecule has 6 heteroatoms. The van der Waals surface area contributed by atoms with Crippen LogP contribution in [0.4, 0.5) is 0 Å². The Bertz CT molecular complexity index is 670. The van der Waals surface area contributed by atoms with Crippen LogP contribution in [0.5, 0.6) is 0 Å². The van der Waals surface area contributed by atoms with E-state index in [0.29, 0.717) is 0 Å². The summed E-state index contributed by atoms with van der Waals surface area (Å²) in [5.74, 6) is 0. The second-order valence-electron chi connectivity index (χ2n) is 7.85. The minimum Gasteiger partial charge on any atom is -0.381 e. The molecule has 1 aliphatic heterocycles. The van der Waals surface area contributed by atoms with Crippen LogP contribution < -0.4 is 0 Å². The molecule has 146 valence electrons. The summed E-state index contributed by atoms with van der Waals surface area (Å²) in [7, 11) is 1.99. The topological polar surface area (TPSA) is 30.3 Å². The third-order valence-electron chi connectivity index (χ3n) is 5.73. The molecule has 0 amide bonds. The molecule has 0 unspecified atom stereocenters. The van der Waals surface area contributed by atoms with E-state index in [9.17, 15) is 0 Å². The molecule has 0 bridgehead atoms. The van der Waals surface area contributed by atoms with E-state index >= 15 is 0 Å². The number of nitrogens with zero attached hydrogens (tertiary/aromatic N) is 3. The number of aromatic nitrogens is 2. The summed E-state index contributed by atoms with van der Waals surface area (Å²) >= 11 is 1.87. The molecule has 0 radical (unpaired) electrons. The van der Waals surface area contributed by atoms with Gasteiger partial charge in [0.2, 0.25) is 0 Å². The number of likely N-dealkylation sites (tertiary alicyclic amines) is 1. The Hall–Kier alpha value is -0.880. The highest BCUT2D eigenvalue weighted by molar-refractivity contribution is 7.09. The Labute approximate surface area is 168 Å². The molecule has 1 atom stereocenters. The second kappa shape index (κ2) is 8.87. The molecule has 0 aliphatic carbocycles. The quantitative estimate of drug-likeness (QED) is 0.656. The smallest absolute Gasteiger partial charge is 0.0540 e. The molecule has 26 heavy (non-hydrogen) atoms. The lowest BCUT2D eigenvalue weighted by Crippen LogP contribution is -2.42. The lowest BCUT2D eigenvalue weighted by Gasteiger charge is -2.37. The van der Waals surface area contributed by atoms with Gasteiger partial charge in [-0.3, -0.25) is 9.58 Å². The molecule has 0 saturated carbocycles. The zero-order chi connectivity index (χ0) is 17.9. The van der Waals surface area contributed by atoms with Crippen LogP contribution in [0, 0.1) is 5.41 Å². The maximum Gasteiger partial charge on any atom is 0.0540 e. The van der Waals surface area contributed by atoms with Crippen LogP contribution in [0.2, 0.25) is 0 Å². The summed E-state index contributed by atoms with van der Waals surface area (Å²) in [4.78, 5) is 4.11. The van der Waals surface area contributed by atoms with Gasteiger partial charge in [0.1, 0.15) is 0 Å². The van der Waals surface area contributed by atoms with Gasteiger partial charge in [-0.15, -0.1) is 23.7 Å². The van der Waals surface area contributed by atoms with Gasteiger partial charge in [0.05, 0.1) is 12.8 Å². The summed E-state index contributed by atoms with van der Waals surface area (Å²) in [6.45, 7) is 10.6. The van der Waals surface area contributed by atoms with Crippen molar-refractivity contribution < 1.29 is 4.74 Å². The van der Waals surface area contributed by atoms with Gasteiger partial charge in [0.15, 0.2) is 0 Å². The Balaban J connectivity index is 0.00000243. The van der Waals surface area contributed by atoms with Crippen molar-refractivity contribution in [3.05, 3.63) is 40.3 Å². The van der Waals surface area contributed by atoms with Gasteiger partial charge >= 0.3 is 0 Å². The molecule has 1 fully saturated rings. The highest BCUT2D eigenvalue weighted by Crippen LogP contribution is 2.41. The number of thiophene rings is 1. The SMILES string of the molecule is CCOC[C@@]1(CCc2cccs2)CCN(C(C)(C)c2cnn(C)c2)C1.Cl. The summed E-state index contributed by atoms with van der Waals surface area (Å²) in [5, 5.41) is 6.55. The van der Waals surface area contributed by atoms with E-state index in [4.69, 9.17) is 4.74 Å². The van der Waals surface area contributed by atoms with Crippen molar-refractivity contribution >= 4 is 23.7 Å². The van der Waals surface area contributed by atoms with Gasteiger partial charge in [-0.1, -0.05) is 6.07 Å². The van der Waals surface area contributed by atoms with E-state index in [1.54, 1.807) is 0 Å². The van der Waals surface area contributed by atoms with Crippen molar-refractivity contribution in [2.24, 2.45) is 12.5 Å². The number of rotatable bonds is 8. The third-order valence-corrected chi connectivity index (χ3v) is 6.67. The molecular weight excluding hydrogens is 366 g/mol. The molecule has 2 aromatic rings. The first-order valence-corrected chi connectivity index (χ1v) is 10.2. The standard InChI is InChI=1S/C20H31N3OS.ClH/c1-5-24-16-20(9-8-18-7-6-12-25-18)10-11-23(15-20)19(2,3)17-13-21-22(4)14-17;/h6-7,12-14H,5,8-11,15-16H2,1-4H3;1H/t20-;/m0./s1. The Morgan fingerprint density at radius 2 is 2.19 bits per heavy atom. The molecule has 2 aromatic heterocycles. The highest BCUT2D eigenvalue weighted by Gasteiger charge is 2.43. The molecule has 0 spiro atoms. The fraction of sp³-hybridized carbons (Fsp3) is 0.650. The van der Waals surface area contributed by atoms with Crippen molar-refractivity contribution in [3.63, 3.8) is 0 Å². The molecule has 4 nitrogen and oxygen atoms in total. The predicted octanol–water partition coefficient (Wildman–Crippen LogP) is 4.50. The van der Waals surface area contributed by atoms with Gasteiger partial charge in [-0.2, -0.15) is 5.10 Å². The molecule has 3 rings (SSSR count). The monoisotopic (exact) mass is 397 g/mol. The molecular formula is C20H32ClN3OS. The maximum atomic E-state index is 5.92. The van der Waals surface area contributed by atoms with E-state index in [1.807, 2.05) is 29.3 Å². The Morgan fingerprint density at radius 3 is 2.81 bits per heavy atom. The van der Waals surface area contributed by atoms with Crippen LogP contribution in [-0.2, 0) is 23.7 Å². The van der Waals surface area contributed by atoms with Crippen molar-refractivity contribution in [3.8, 4) is 0 Å². The van der Waals surface area contributed by atoms with E-state index < -0.39 is 0 Å². The predicted molar refractivity (Wildman–Crippen MR) is 111 cm³/mol. The number of ether oxygens (including phenoxy) is 1. The molecule has 3 heterocycles. The lowest BCUT2D eigenvalue weighted by atomic mass is 9.82. The maximum absolute atomic E-state index is 5.92. The van der Waals surface area contributed by atoms with E-state index in [-0.39, 0.29) is 23.4 Å². The zero-order valence-electron chi connectivity index (χ0n) is 16.4. The second-order valence-corrected chi connectivity index (χ2v) is 8.88. The third kappa shape index (κ3) is 4.69. The lowest BCUT2D eigenvalue weighted by molar-refractivity contribution is 0.0386. The van der Waals surface area contributed by atoms with Gasteiger partial charge in [-0.05, 0) is 58.0 Å². The summed E-state index contributed by atoms with van der Waals surface area (Å²) in [6, 6.07) is 4.41. The highest BCUT2D eigenvalue weighted by atomic mass is 35.5. The van der Waals surface area contributed by atoms with Gasteiger partial charge in [-0.25, -0.2) is 0 Å². The van der Waals surface area contributed by atoms with Crippen LogP contribution in [0.25, 0.3) is 0 Å². The number of hydrogen-bond acceptors (Lipinski definition) is 4. The summed E-state index contributed by atoms with van der Waals surface area (Å²) < 4.78 is 7.82. The molecule has 0 aromatic carbocycles. The van der Waals surface area contributed by atoms with Crippen LogP contribution in [-0.4, -0.2) is 41.0 Å². The van der Waals surface area contributed by atoms with Crippen molar-refractivity contribution in [2.75, 3.05) is 26.3 Å². The van der Waals surface area contributed by atoms with Crippen LogP contribution in [0.3, 0.4) is 0 Å². The fourth-order valence-electron chi connectivity index (χ4n) is 3.89. The summed E-state index contributed by atoms with van der Waals surface area (Å²) in [6.07, 6.45) is 7.73. The van der Waals surface area contributed by atoms with Crippen molar-refractivity contribution in [1.82, 2.24) is 14.7 Å². The van der Waals surface area contributed by atoms with E-state index in [2.05, 4.69) is 54.5 Å². The van der Waals surface area contributed by atoms with E-state index in [0.717, 1.165) is 32.7 Å². The number of halogens is 1. The zero-order valence-corrected chi connectivity index (χ0v) is 18.0. The van der Waals surface area contributed by atoms with Gasteiger partial charge < -0.3 is 4.74 Å². The van der Waals surface area contributed by atoms with E-state index in [1.165, 1.54) is 23.3 Å². The Morgan fingerprint density at radius 1 is 1.38 bits per heavy atom.